The van der Waals surface area contributed by atoms with E-state index in [1.807, 2.05) is 0 Å². The normalized spacial score (nSPS) is 18.2. The summed E-state index contributed by atoms with van der Waals surface area (Å²) in [5.41, 5.74) is 2.89. The monoisotopic (exact) mass is 260 g/mol. The van der Waals surface area contributed by atoms with E-state index in [0.717, 1.165) is 25.8 Å². The van der Waals surface area contributed by atoms with Crippen molar-refractivity contribution < 1.29 is 4.79 Å². The Morgan fingerprint density at radius 1 is 1.32 bits per heavy atom. The van der Waals surface area contributed by atoms with E-state index in [9.17, 15) is 4.79 Å². The Hall–Kier alpha value is -1.35. The maximum atomic E-state index is 11.7. The number of carbonyl (C=O) groups is 1. The van der Waals surface area contributed by atoms with Gasteiger partial charge in [-0.15, -0.1) is 0 Å². The van der Waals surface area contributed by atoms with Gasteiger partial charge in [0.25, 0.3) is 0 Å². The molecule has 104 valence electrons. The summed E-state index contributed by atoms with van der Waals surface area (Å²) in [7, 11) is 0. The highest BCUT2D eigenvalue weighted by molar-refractivity contribution is 5.78. The molecule has 1 aliphatic carbocycles. The maximum absolute atomic E-state index is 11.7. The summed E-state index contributed by atoms with van der Waals surface area (Å²) >= 11 is 0. The van der Waals surface area contributed by atoms with Crippen LogP contribution in [0, 0.1) is 5.92 Å². The molecule has 0 spiro atoms. The fraction of sp³-hybridized carbons (Fsp3) is 0.562. The minimum Gasteiger partial charge on any atom is -0.355 e. The van der Waals surface area contributed by atoms with Gasteiger partial charge in [-0.1, -0.05) is 38.1 Å². The summed E-state index contributed by atoms with van der Waals surface area (Å²) in [6, 6.07) is 9.03. The highest BCUT2D eigenvalue weighted by atomic mass is 16.1. The smallest absolute Gasteiger partial charge is 0.233 e. The van der Waals surface area contributed by atoms with Crippen LogP contribution in [0.2, 0.25) is 0 Å². The minimum atomic E-state index is 0.104. The number of rotatable bonds is 5. The van der Waals surface area contributed by atoms with Gasteiger partial charge in [0.15, 0.2) is 0 Å². The molecule has 3 nitrogen and oxygen atoms in total. The fourth-order valence-electron chi connectivity index (χ4n) is 2.49. The van der Waals surface area contributed by atoms with Crippen LogP contribution in [0.3, 0.4) is 0 Å². The second-order valence-corrected chi connectivity index (χ2v) is 5.79. The Morgan fingerprint density at radius 3 is 2.79 bits per heavy atom. The lowest BCUT2D eigenvalue weighted by Crippen LogP contribution is -2.42. The number of fused-ring (bicyclic) bond motifs is 1. The Bertz CT molecular complexity index is 429. The molecule has 19 heavy (non-hydrogen) atoms. The van der Waals surface area contributed by atoms with Crippen molar-refractivity contribution in [3.05, 3.63) is 35.4 Å². The van der Waals surface area contributed by atoms with Gasteiger partial charge in [-0.3, -0.25) is 4.79 Å². The highest BCUT2D eigenvalue weighted by Gasteiger charge is 2.18. The molecule has 0 aromatic heterocycles. The molecule has 2 N–H and O–H groups in total. The van der Waals surface area contributed by atoms with E-state index in [0.29, 0.717) is 18.5 Å². The zero-order valence-electron chi connectivity index (χ0n) is 11.9. The van der Waals surface area contributed by atoms with Crippen molar-refractivity contribution in [1.29, 1.82) is 0 Å². The van der Waals surface area contributed by atoms with Crippen molar-refractivity contribution in [1.82, 2.24) is 10.6 Å². The third-order valence-electron chi connectivity index (χ3n) is 3.61. The Balaban J connectivity index is 1.75. The minimum absolute atomic E-state index is 0.104. The molecular formula is C16H24N2O. The van der Waals surface area contributed by atoms with Crippen molar-refractivity contribution in [3.63, 3.8) is 0 Å². The third-order valence-corrected chi connectivity index (χ3v) is 3.61. The number of carbonyl (C=O) groups excluding carboxylic acids is 1. The largest absolute Gasteiger partial charge is 0.355 e. The molecule has 2 rings (SSSR count). The Morgan fingerprint density at radius 2 is 2.05 bits per heavy atom. The summed E-state index contributed by atoms with van der Waals surface area (Å²) in [6.07, 6.45) is 3.27. The molecule has 0 saturated carbocycles. The fourth-order valence-corrected chi connectivity index (χ4v) is 2.49. The quantitative estimate of drug-likeness (QED) is 0.849. The van der Waals surface area contributed by atoms with Crippen LogP contribution in [0.15, 0.2) is 24.3 Å². The lowest BCUT2D eigenvalue weighted by molar-refractivity contribution is -0.120. The van der Waals surface area contributed by atoms with Crippen molar-refractivity contribution in [2.45, 2.75) is 39.2 Å². The summed E-state index contributed by atoms with van der Waals surface area (Å²) in [4.78, 5) is 11.7. The number of nitrogens with one attached hydrogen (secondary N) is 2. The first-order chi connectivity index (χ1) is 9.15. The summed E-state index contributed by atoms with van der Waals surface area (Å²) in [5.74, 6) is 0.609. The van der Waals surface area contributed by atoms with Crippen LogP contribution >= 0.6 is 0 Å². The van der Waals surface area contributed by atoms with Gasteiger partial charge in [-0.25, -0.2) is 0 Å². The van der Waals surface area contributed by atoms with Crippen LogP contribution in [0.4, 0.5) is 0 Å². The van der Waals surface area contributed by atoms with Gasteiger partial charge in [0, 0.05) is 12.6 Å². The van der Waals surface area contributed by atoms with E-state index in [1.54, 1.807) is 0 Å². The number of hydrogen-bond acceptors (Lipinski definition) is 2. The molecule has 1 atom stereocenters. The van der Waals surface area contributed by atoms with Crippen LogP contribution in [0.5, 0.6) is 0 Å². The number of amides is 1. The molecule has 1 aromatic carbocycles. The standard InChI is InChI=1S/C16H24N2O/c1-12(2)10-18-16(19)11-17-15-8-7-13-5-3-4-6-14(13)9-15/h3-6,12,15,17H,7-11H2,1-2H3,(H,18,19). The summed E-state index contributed by atoms with van der Waals surface area (Å²) in [5, 5.41) is 6.31. The van der Waals surface area contributed by atoms with Gasteiger partial charge in [-0.05, 0) is 36.3 Å². The lowest BCUT2D eigenvalue weighted by atomic mass is 9.88. The van der Waals surface area contributed by atoms with Crippen LogP contribution in [0.1, 0.15) is 31.4 Å². The molecule has 3 heteroatoms. The molecule has 1 unspecified atom stereocenters. The zero-order valence-corrected chi connectivity index (χ0v) is 11.9. The highest BCUT2D eigenvalue weighted by Crippen LogP contribution is 2.20. The summed E-state index contributed by atoms with van der Waals surface area (Å²) < 4.78 is 0. The second-order valence-electron chi connectivity index (χ2n) is 5.79. The van der Waals surface area contributed by atoms with Gasteiger partial charge < -0.3 is 10.6 Å². The predicted octanol–water partition coefficient (Wildman–Crippen LogP) is 1.91. The van der Waals surface area contributed by atoms with E-state index < -0.39 is 0 Å². The van der Waals surface area contributed by atoms with E-state index in [4.69, 9.17) is 0 Å². The number of aryl methyl sites for hydroxylation is 1. The first-order valence-electron chi connectivity index (χ1n) is 7.22. The Kier molecular flexibility index (Phi) is 4.97. The molecule has 0 aliphatic heterocycles. The van der Waals surface area contributed by atoms with Gasteiger partial charge in [0.1, 0.15) is 0 Å². The maximum Gasteiger partial charge on any atom is 0.233 e. The van der Waals surface area contributed by atoms with Crippen LogP contribution < -0.4 is 10.6 Å². The first-order valence-corrected chi connectivity index (χ1v) is 7.22. The van der Waals surface area contributed by atoms with Crippen molar-refractivity contribution >= 4 is 5.91 Å². The van der Waals surface area contributed by atoms with Gasteiger partial charge in [-0.2, -0.15) is 0 Å². The van der Waals surface area contributed by atoms with Crippen molar-refractivity contribution in [2.75, 3.05) is 13.1 Å². The lowest BCUT2D eigenvalue weighted by Gasteiger charge is -2.25. The Labute approximate surface area is 115 Å². The second kappa shape index (κ2) is 6.71. The average Bonchev–Trinajstić information content (AvgIpc) is 2.42. The SMILES string of the molecule is CC(C)CNC(=O)CNC1CCc2ccccc2C1. The first kappa shape index (κ1) is 14.1. The van der Waals surface area contributed by atoms with E-state index >= 15 is 0 Å². The van der Waals surface area contributed by atoms with Gasteiger partial charge >= 0.3 is 0 Å². The zero-order chi connectivity index (χ0) is 13.7. The molecule has 1 aliphatic rings. The molecular weight excluding hydrogens is 236 g/mol. The number of benzene rings is 1. The molecule has 0 bridgehead atoms. The van der Waals surface area contributed by atoms with Crippen LogP contribution in [-0.2, 0) is 17.6 Å². The van der Waals surface area contributed by atoms with Crippen molar-refractivity contribution in [2.24, 2.45) is 5.92 Å². The molecule has 0 heterocycles. The number of hydrogen-bond donors (Lipinski definition) is 2. The molecule has 0 radical (unpaired) electrons. The van der Waals surface area contributed by atoms with E-state index in [-0.39, 0.29) is 5.91 Å². The van der Waals surface area contributed by atoms with E-state index in [2.05, 4.69) is 48.7 Å². The van der Waals surface area contributed by atoms with E-state index in [1.165, 1.54) is 11.1 Å². The topological polar surface area (TPSA) is 41.1 Å². The molecule has 1 amide bonds. The van der Waals surface area contributed by atoms with Gasteiger partial charge in [0.2, 0.25) is 5.91 Å². The molecule has 0 saturated heterocycles. The predicted molar refractivity (Wildman–Crippen MR) is 78.1 cm³/mol. The summed E-state index contributed by atoms with van der Waals surface area (Å²) in [6.45, 7) is 5.39. The van der Waals surface area contributed by atoms with Crippen molar-refractivity contribution in [3.8, 4) is 0 Å². The van der Waals surface area contributed by atoms with Gasteiger partial charge in [0.05, 0.1) is 6.54 Å². The molecule has 0 fully saturated rings. The third kappa shape index (κ3) is 4.35. The van der Waals surface area contributed by atoms with Crippen LogP contribution in [-0.4, -0.2) is 25.0 Å². The molecule has 1 aromatic rings. The average molecular weight is 260 g/mol. The van der Waals surface area contributed by atoms with Crippen LogP contribution in [0.25, 0.3) is 0 Å².